The van der Waals surface area contributed by atoms with Crippen LogP contribution in [-0.4, -0.2) is 9.55 Å². The largest absolute Gasteiger partial charge is 0.382 e. The zero-order chi connectivity index (χ0) is 18.9. The first-order chi connectivity index (χ1) is 13.1. The fraction of sp³-hybridized carbons (Fsp3) is 0.0455. The Morgan fingerprint density at radius 2 is 1.11 bits per heavy atom. The first kappa shape index (κ1) is 17.9. The summed E-state index contributed by atoms with van der Waals surface area (Å²) in [6.07, 6.45) is 0. The van der Waals surface area contributed by atoms with Crippen LogP contribution in [0.5, 0.6) is 0 Å². The maximum absolute atomic E-state index is 14.8. The molecule has 0 radical (unpaired) electrons. The fourth-order valence-corrected chi connectivity index (χ4v) is 3.58. The van der Waals surface area contributed by atoms with Crippen molar-refractivity contribution in [1.82, 2.24) is 9.55 Å². The van der Waals surface area contributed by atoms with Crippen molar-refractivity contribution >= 4 is 22.6 Å². The number of nitrogens with zero attached hydrogens (tertiary/aromatic N) is 2. The molecule has 4 rings (SSSR count). The standard InChI is InChI=1S/C22H15F2IN2/c23-22(24,25)27-20(17-12-6-2-7-13-17)19(16-10-4-1-5-11-16)26-21(27)18-14-8-3-9-15-18/h1-15H. The number of hydrogen-bond donors (Lipinski definition) is 0. The lowest BCUT2D eigenvalue weighted by molar-refractivity contribution is 0.0496. The third-order valence-corrected chi connectivity index (χ3v) is 4.74. The number of halogens is 3. The molecular formula is C22H15F2IN2. The van der Waals surface area contributed by atoms with Crippen molar-refractivity contribution < 1.29 is 8.78 Å². The number of benzene rings is 3. The topological polar surface area (TPSA) is 17.8 Å². The molecule has 2 nitrogen and oxygen atoms in total. The zero-order valence-corrected chi connectivity index (χ0v) is 16.3. The molecule has 5 heteroatoms. The second-order valence-corrected chi connectivity index (χ2v) is 7.33. The van der Waals surface area contributed by atoms with E-state index < -0.39 is 4.05 Å². The Bertz CT molecular complexity index is 1040. The molecule has 1 aromatic heterocycles. The Hall–Kier alpha value is -2.54. The Morgan fingerprint density at radius 3 is 1.59 bits per heavy atom. The van der Waals surface area contributed by atoms with E-state index in [1.807, 2.05) is 78.9 Å². The molecule has 0 atom stereocenters. The van der Waals surface area contributed by atoms with Crippen LogP contribution in [0.2, 0.25) is 0 Å². The Balaban J connectivity index is 2.09. The van der Waals surface area contributed by atoms with Gasteiger partial charge >= 0.3 is 4.05 Å². The molecule has 0 aliphatic rings. The van der Waals surface area contributed by atoms with Crippen LogP contribution < -0.4 is 0 Å². The van der Waals surface area contributed by atoms with Crippen molar-refractivity contribution in [3.63, 3.8) is 0 Å². The molecule has 0 aliphatic carbocycles. The molecule has 0 fully saturated rings. The number of aromatic nitrogens is 2. The lowest BCUT2D eigenvalue weighted by Gasteiger charge is -2.18. The molecule has 134 valence electrons. The predicted octanol–water partition coefficient (Wildman–Crippen LogP) is 6.83. The predicted molar refractivity (Wildman–Crippen MR) is 113 cm³/mol. The summed E-state index contributed by atoms with van der Waals surface area (Å²) in [5.74, 6) is 0.243. The van der Waals surface area contributed by atoms with Gasteiger partial charge in [0.1, 0.15) is 5.82 Å². The van der Waals surface area contributed by atoms with E-state index in [9.17, 15) is 8.78 Å². The maximum Gasteiger partial charge on any atom is 0.382 e. The van der Waals surface area contributed by atoms with Gasteiger partial charge in [0.25, 0.3) is 0 Å². The van der Waals surface area contributed by atoms with Gasteiger partial charge in [-0.25, -0.2) is 4.98 Å². The summed E-state index contributed by atoms with van der Waals surface area (Å²) >= 11 is 1.17. The molecule has 0 saturated carbocycles. The van der Waals surface area contributed by atoms with Crippen molar-refractivity contribution in [2.45, 2.75) is 4.05 Å². The number of hydrogen-bond acceptors (Lipinski definition) is 1. The van der Waals surface area contributed by atoms with Crippen LogP contribution in [0.3, 0.4) is 0 Å². The monoisotopic (exact) mass is 472 g/mol. The molecule has 3 aromatic carbocycles. The summed E-state index contributed by atoms with van der Waals surface area (Å²) in [6.45, 7) is 0. The molecule has 27 heavy (non-hydrogen) atoms. The minimum Gasteiger partial charge on any atom is -0.254 e. The summed E-state index contributed by atoms with van der Waals surface area (Å²) < 4.78 is 27.5. The van der Waals surface area contributed by atoms with E-state index in [-0.39, 0.29) is 5.82 Å². The van der Waals surface area contributed by atoms with Gasteiger partial charge in [0, 0.05) is 39.3 Å². The Labute approximate surface area is 169 Å². The maximum atomic E-state index is 14.8. The molecule has 0 amide bonds. The van der Waals surface area contributed by atoms with E-state index in [1.165, 1.54) is 22.6 Å². The number of alkyl halides is 3. The average molecular weight is 472 g/mol. The summed E-state index contributed by atoms with van der Waals surface area (Å²) in [4.78, 5) is 4.67. The van der Waals surface area contributed by atoms with Crippen LogP contribution in [0.4, 0.5) is 8.78 Å². The minimum atomic E-state index is -3.14. The van der Waals surface area contributed by atoms with E-state index in [0.29, 0.717) is 22.5 Å². The van der Waals surface area contributed by atoms with Crippen LogP contribution in [-0.2, 0) is 4.05 Å². The van der Waals surface area contributed by atoms with Crippen LogP contribution in [0.25, 0.3) is 33.9 Å². The normalized spacial score (nSPS) is 11.5. The second-order valence-electron chi connectivity index (χ2n) is 6.03. The molecular weight excluding hydrogens is 457 g/mol. The summed E-state index contributed by atoms with van der Waals surface area (Å²) in [6, 6.07) is 27.7. The van der Waals surface area contributed by atoms with Crippen LogP contribution in [0.1, 0.15) is 0 Å². The highest BCUT2D eigenvalue weighted by Gasteiger charge is 2.35. The van der Waals surface area contributed by atoms with E-state index in [0.717, 1.165) is 10.1 Å². The smallest absolute Gasteiger partial charge is 0.254 e. The summed E-state index contributed by atoms with van der Waals surface area (Å²) in [7, 11) is 0. The van der Waals surface area contributed by atoms with Crippen molar-refractivity contribution in [1.29, 1.82) is 0 Å². The van der Waals surface area contributed by atoms with E-state index >= 15 is 0 Å². The van der Waals surface area contributed by atoms with Gasteiger partial charge < -0.3 is 0 Å². The molecule has 0 N–H and O–H groups in total. The van der Waals surface area contributed by atoms with Crippen molar-refractivity contribution in [3.05, 3.63) is 91.0 Å². The molecule has 0 aliphatic heterocycles. The summed E-state index contributed by atoms with van der Waals surface area (Å²) in [5.41, 5.74) is 3.08. The highest BCUT2D eigenvalue weighted by molar-refractivity contribution is 14.1. The van der Waals surface area contributed by atoms with Gasteiger partial charge in [-0.2, -0.15) is 8.78 Å². The van der Waals surface area contributed by atoms with E-state index in [2.05, 4.69) is 4.98 Å². The van der Waals surface area contributed by atoms with Crippen molar-refractivity contribution in [3.8, 4) is 33.9 Å². The van der Waals surface area contributed by atoms with Gasteiger partial charge in [-0.05, 0) is 0 Å². The van der Waals surface area contributed by atoms with Crippen molar-refractivity contribution in [2.24, 2.45) is 0 Å². The van der Waals surface area contributed by atoms with Gasteiger partial charge in [0.05, 0.1) is 11.4 Å². The Morgan fingerprint density at radius 1 is 0.667 bits per heavy atom. The van der Waals surface area contributed by atoms with Gasteiger partial charge in [-0.3, -0.25) is 4.57 Å². The van der Waals surface area contributed by atoms with E-state index in [4.69, 9.17) is 0 Å². The lowest BCUT2D eigenvalue weighted by Crippen LogP contribution is -2.17. The van der Waals surface area contributed by atoms with Crippen LogP contribution in [0, 0.1) is 0 Å². The quantitative estimate of drug-likeness (QED) is 0.235. The van der Waals surface area contributed by atoms with Gasteiger partial charge in [0.2, 0.25) is 0 Å². The highest BCUT2D eigenvalue weighted by Crippen LogP contribution is 2.43. The first-order valence-corrected chi connectivity index (χ1v) is 9.50. The first-order valence-electron chi connectivity index (χ1n) is 8.42. The van der Waals surface area contributed by atoms with Gasteiger partial charge in [-0.15, -0.1) is 0 Å². The molecule has 1 heterocycles. The SMILES string of the molecule is FC(F)(I)n1c(-c2ccccc2)nc(-c2ccccc2)c1-c1ccccc1. The van der Waals surface area contributed by atoms with Gasteiger partial charge in [-0.1, -0.05) is 91.0 Å². The molecule has 4 aromatic rings. The highest BCUT2D eigenvalue weighted by atomic mass is 127. The molecule has 0 spiro atoms. The van der Waals surface area contributed by atoms with Crippen LogP contribution >= 0.6 is 22.6 Å². The lowest BCUT2D eigenvalue weighted by atomic mass is 10.0. The molecule has 0 unspecified atom stereocenters. The molecule has 0 bridgehead atoms. The van der Waals surface area contributed by atoms with E-state index in [1.54, 1.807) is 12.1 Å². The van der Waals surface area contributed by atoms with Crippen molar-refractivity contribution in [2.75, 3.05) is 0 Å². The number of imidazole rings is 1. The van der Waals surface area contributed by atoms with Crippen LogP contribution in [0.15, 0.2) is 91.0 Å². The third-order valence-electron chi connectivity index (χ3n) is 4.26. The Kier molecular flexibility index (Phi) is 4.78. The number of rotatable bonds is 4. The zero-order valence-electron chi connectivity index (χ0n) is 14.2. The third kappa shape index (κ3) is 3.51. The average Bonchev–Trinajstić information content (AvgIpc) is 3.11. The minimum absolute atomic E-state index is 0.243. The second kappa shape index (κ2) is 7.23. The fourth-order valence-electron chi connectivity index (χ4n) is 3.11. The molecule has 0 saturated heterocycles. The van der Waals surface area contributed by atoms with Gasteiger partial charge in [0.15, 0.2) is 0 Å². The summed E-state index contributed by atoms with van der Waals surface area (Å²) in [5, 5.41) is 0.